The second-order valence-corrected chi connectivity index (χ2v) is 11.7. The maximum atomic E-state index is 12.7. The van der Waals surface area contributed by atoms with E-state index in [0.717, 1.165) is 50.5 Å². The molecule has 37 heavy (non-hydrogen) atoms. The quantitative estimate of drug-likeness (QED) is 0.271. The lowest BCUT2D eigenvalue weighted by molar-refractivity contribution is 0.0635. The van der Waals surface area contributed by atoms with Gasteiger partial charge in [-0.15, -0.1) is 22.7 Å². The van der Waals surface area contributed by atoms with Gasteiger partial charge in [-0.25, -0.2) is 9.78 Å². The van der Waals surface area contributed by atoms with Gasteiger partial charge < -0.3 is 14.5 Å². The second kappa shape index (κ2) is 12.0. The number of thiophene rings is 2. The number of aromatic nitrogens is 3. The summed E-state index contributed by atoms with van der Waals surface area (Å²) in [6, 6.07) is 10.3. The molecular weight excluding hydrogens is 504 g/mol. The Bertz CT molecular complexity index is 1240. The van der Waals surface area contributed by atoms with Gasteiger partial charge in [0.1, 0.15) is 22.9 Å². The van der Waals surface area contributed by atoms with Crippen molar-refractivity contribution in [1.82, 2.24) is 14.6 Å². The molecular formula is C27H36N6O2S2. The van der Waals surface area contributed by atoms with Crippen LogP contribution in [0.15, 0.2) is 47.3 Å². The summed E-state index contributed by atoms with van der Waals surface area (Å²) in [6.07, 6.45) is 3.61. The first kappa shape index (κ1) is 26.9. The molecule has 0 bridgehead atoms. The van der Waals surface area contributed by atoms with Crippen molar-refractivity contribution in [2.75, 3.05) is 28.2 Å². The summed E-state index contributed by atoms with van der Waals surface area (Å²) in [4.78, 5) is 24.8. The summed E-state index contributed by atoms with van der Waals surface area (Å²) < 4.78 is 7.22. The largest absolute Gasteiger partial charge is 0.444 e. The van der Waals surface area contributed by atoms with Crippen LogP contribution in [0.4, 0.5) is 22.1 Å². The van der Waals surface area contributed by atoms with Gasteiger partial charge in [0.25, 0.3) is 0 Å². The van der Waals surface area contributed by atoms with Crippen molar-refractivity contribution in [2.45, 2.75) is 66.2 Å². The van der Waals surface area contributed by atoms with Gasteiger partial charge >= 0.3 is 6.09 Å². The van der Waals surface area contributed by atoms with Gasteiger partial charge in [0, 0.05) is 28.9 Å². The van der Waals surface area contributed by atoms with E-state index in [4.69, 9.17) is 9.72 Å². The number of carbonyl (C=O) groups excluding carboxylic acids is 1. The Hall–Kier alpha value is -3.11. The zero-order chi connectivity index (χ0) is 26.4. The Morgan fingerprint density at radius 1 is 1.08 bits per heavy atom. The molecule has 0 spiro atoms. The highest BCUT2D eigenvalue weighted by Gasteiger charge is 2.23. The van der Waals surface area contributed by atoms with Crippen molar-refractivity contribution < 1.29 is 9.53 Å². The summed E-state index contributed by atoms with van der Waals surface area (Å²) in [5, 5.41) is 11.7. The van der Waals surface area contributed by atoms with Crippen molar-refractivity contribution in [1.29, 1.82) is 0 Å². The van der Waals surface area contributed by atoms with Gasteiger partial charge in [-0.1, -0.05) is 26.0 Å². The number of anilines is 3. The summed E-state index contributed by atoms with van der Waals surface area (Å²) >= 11 is 3.48. The average molecular weight is 541 g/mol. The molecule has 0 aliphatic carbocycles. The van der Waals surface area contributed by atoms with Crippen molar-refractivity contribution >= 4 is 51.7 Å². The molecule has 1 fully saturated rings. The van der Waals surface area contributed by atoms with Crippen LogP contribution in [0.3, 0.4) is 0 Å². The maximum absolute atomic E-state index is 12.7. The van der Waals surface area contributed by atoms with E-state index in [-0.39, 0.29) is 0 Å². The summed E-state index contributed by atoms with van der Waals surface area (Å²) in [5.74, 6) is 1.39. The van der Waals surface area contributed by atoms with E-state index in [9.17, 15) is 4.79 Å². The van der Waals surface area contributed by atoms with Crippen LogP contribution >= 0.6 is 22.7 Å². The molecule has 8 nitrogen and oxygen atoms in total. The second-order valence-electron chi connectivity index (χ2n) is 9.60. The number of nitrogens with one attached hydrogen (secondary N) is 1. The highest BCUT2D eigenvalue weighted by molar-refractivity contribution is 7.10. The van der Waals surface area contributed by atoms with Gasteiger partial charge in [0.05, 0.1) is 19.3 Å². The van der Waals surface area contributed by atoms with Crippen LogP contribution in [-0.4, -0.2) is 39.4 Å². The topological polar surface area (TPSA) is 75.0 Å². The number of carbonyl (C=O) groups is 1. The molecule has 4 aromatic heterocycles. The summed E-state index contributed by atoms with van der Waals surface area (Å²) in [7, 11) is 0. The van der Waals surface area contributed by atoms with Gasteiger partial charge in [0.15, 0.2) is 5.65 Å². The lowest BCUT2D eigenvalue weighted by Gasteiger charge is -2.24. The molecule has 5 heterocycles. The Balaban J connectivity index is 0.00000156. The van der Waals surface area contributed by atoms with E-state index in [0.29, 0.717) is 11.5 Å². The molecule has 0 atom stereocenters. The van der Waals surface area contributed by atoms with Crippen LogP contribution < -0.4 is 15.1 Å². The third kappa shape index (κ3) is 6.81. The average Bonchev–Trinajstić information content (AvgIpc) is 3.67. The summed E-state index contributed by atoms with van der Waals surface area (Å²) in [6.45, 7) is 13.0. The maximum Gasteiger partial charge on any atom is 0.413 e. The third-order valence-electron chi connectivity index (χ3n) is 5.69. The molecule has 1 N–H and O–H groups in total. The predicted octanol–water partition coefficient (Wildman–Crippen LogP) is 7.03. The molecule has 1 saturated heterocycles. The molecule has 1 amide bonds. The van der Waals surface area contributed by atoms with Gasteiger partial charge in [-0.2, -0.15) is 9.61 Å². The summed E-state index contributed by atoms with van der Waals surface area (Å²) in [5.41, 5.74) is 1.05. The smallest absolute Gasteiger partial charge is 0.413 e. The van der Waals surface area contributed by atoms with Crippen LogP contribution in [0.1, 0.15) is 57.2 Å². The number of hydrogen-bond acceptors (Lipinski definition) is 8. The lowest BCUT2D eigenvalue weighted by atomic mass is 10.2. The normalized spacial score (nSPS) is 13.4. The number of hydrogen-bond donors (Lipinski definition) is 1. The number of nitrogens with zero attached hydrogens (tertiary/aromatic N) is 5. The van der Waals surface area contributed by atoms with Crippen molar-refractivity contribution in [3.8, 4) is 0 Å². The fourth-order valence-corrected chi connectivity index (χ4v) is 5.61. The number of ether oxygens (including phenoxy) is 1. The minimum absolute atomic E-state index is 0.511. The molecule has 0 saturated carbocycles. The number of amides is 1. The molecule has 1 aliphatic heterocycles. The van der Waals surface area contributed by atoms with Crippen LogP contribution in [0.2, 0.25) is 0 Å². The van der Waals surface area contributed by atoms with Gasteiger partial charge in [-0.3, -0.25) is 5.32 Å². The minimum Gasteiger partial charge on any atom is -0.444 e. The fraction of sp³-hybridized carbons (Fsp3) is 0.444. The van der Waals surface area contributed by atoms with Crippen LogP contribution in [-0.2, 0) is 17.8 Å². The predicted molar refractivity (Wildman–Crippen MR) is 154 cm³/mol. The van der Waals surface area contributed by atoms with E-state index in [1.807, 2.05) is 46.9 Å². The van der Waals surface area contributed by atoms with E-state index in [1.54, 1.807) is 27.2 Å². The first-order valence-corrected chi connectivity index (χ1v) is 14.5. The first-order valence-electron chi connectivity index (χ1n) is 12.8. The molecule has 1 aliphatic rings. The number of rotatable bonds is 7. The molecule has 5 rings (SSSR count). The minimum atomic E-state index is -0.596. The lowest BCUT2D eigenvalue weighted by Crippen LogP contribution is -2.28. The zero-order valence-corrected chi connectivity index (χ0v) is 23.9. The Labute approximate surface area is 226 Å². The SMILES string of the molecule is CC.CC(C)(C)OC(=O)Nc1cc(N2CCCC2)nc2c(N(Cc3cccs3)Cc3cccs3)cnn12. The van der Waals surface area contributed by atoms with E-state index >= 15 is 0 Å². The van der Waals surface area contributed by atoms with Crippen LogP contribution in [0, 0.1) is 0 Å². The molecule has 10 heteroatoms. The van der Waals surface area contributed by atoms with Crippen molar-refractivity contribution in [3.05, 3.63) is 57.0 Å². The zero-order valence-electron chi connectivity index (χ0n) is 22.2. The Morgan fingerprint density at radius 2 is 1.70 bits per heavy atom. The Morgan fingerprint density at radius 3 is 2.24 bits per heavy atom. The van der Waals surface area contributed by atoms with Gasteiger partial charge in [-0.05, 0) is 56.5 Å². The van der Waals surface area contributed by atoms with Crippen LogP contribution in [0.25, 0.3) is 5.65 Å². The molecule has 198 valence electrons. The third-order valence-corrected chi connectivity index (χ3v) is 7.42. The van der Waals surface area contributed by atoms with Crippen LogP contribution in [0.5, 0.6) is 0 Å². The number of fused-ring (bicyclic) bond motifs is 1. The standard InChI is InChI=1S/C25H30N6O2S2.C2H6/c1-25(2,3)33-24(32)28-22-14-21(29-10-4-5-11-29)27-23-20(15-26-31(22)23)30(16-18-8-6-12-34-18)17-19-9-7-13-35-19;1-2/h6-9,12-15H,4-5,10-11,16-17H2,1-3H3,(H,28,32);1-2H3. The van der Waals surface area contributed by atoms with Crippen molar-refractivity contribution in [3.63, 3.8) is 0 Å². The molecule has 0 radical (unpaired) electrons. The highest BCUT2D eigenvalue weighted by Crippen LogP contribution is 2.31. The van der Waals surface area contributed by atoms with E-state index in [2.05, 4.69) is 55.2 Å². The Kier molecular flexibility index (Phi) is 8.71. The molecule has 0 unspecified atom stereocenters. The van der Waals surface area contributed by atoms with Gasteiger partial charge in [0.2, 0.25) is 0 Å². The molecule has 4 aromatic rings. The first-order chi connectivity index (χ1) is 17.9. The van der Waals surface area contributed by atoms with E-state index < -0.39 is 11.7 Å². The highest BCUT2D eigenvalue weighted by atomic mass is 32.1. The molecule has 0 aromatic carbocycles. The fourth-order valence-electron chi connectivity index (χ4n) is 4.17. The van der Waals surface area contributed by atoms with E-state index in [1.165, 1.54) is 9.75 Å². The van der Waals surface area contributed by atoms with Crippen molar-refractivity contribution in [2.24, 2.45) is 0 Å². The monoisotopic (exact) mass is 540 g/mol.